The molecular formula is C17H24N4S. The number of aromatic nitrogens is 3. The first-order valence-corrected chi connectivity index (χ1v) is 9.29. The van der Waals surface area contributed by atoms with Gasteiger partial charge in [-0.2, -0.15) is 0 Å². The van der Waals surface area contributed by atoms with E-state index in [1.165, 1.54) is 72.9 Å². The Balaban J connectivity index is 1.61. The Morgan fingerprint density at radius 1 is 1.27 bits per heavy atom. The van der Waals surface area contributed by atoms with Gasteiger partial charge in [0.15, 0.2) is 0 Å². The molecule has 0 amide bonds. The fourth-order valence-electron chi connectivity index (χ4n) is 3.98. The van der Waals surface area contributed by atoms with Gasteiger partial charge in [0.25, 0.3) is 0 Å². The van der Waals surface area contributed by atoms with Crippen molar-refractivity contribution in [2.24, 2.45) is 7.05 Å². The van der Waals surface area contributed by atoms with Crippen LogP contribution in [0.5, 0.6) is 0 Å². The molecule has 4 rings (SSSR count). The molecule has 0 aromatic carbocycles. The molecule has 1 fully saturated rings. The quantitative estimate of drug-likeness (QED) is 0.870. The minimum absolute atomic E-state index is 0.483. The van der Waals surface area contributed by atoms with E-state index in [4.69, 9.17) is 4.98 Å². The van der Waals surface area contributed by atoms with Crippen LogP contribution in [-0.2, 0) is 26.4 Å². The number of hydrogen-bond donors (Lipinski definition) is 0. The lowest BCUT2D eigenvalue weighted by atomic mass is 10.0. The molecule has 2 aromatic heterocycles. The van der Waals surface area contributed by atoms with Gasteiger partial charge in [-0.3, -0.25) is 4.90 Å². The number of likely N-dealkylation sites (tertiary alicyclic amines) is 1. The first-order chi connectivity index (χ1) is 10.7. The second kappa shape index (κ2) is 5.78. The van der Waals surface area contributed by atoms with Gasteiger partial charge in [-0.1, -0.05) is 0 Å². The lowest BCUT2D eigenvalue weighted by Crippen LogP contribution is -2.25. The van der Waals surface area contributed by atoms with E-state index in [0.29, 0.717) is 6.04 Å². The van der Waals surface area contributed by atoms with E-state index in [1.54, 1.807) is 11.3 Å². The molecular weight excluding hydrogens is 292 g/mol. The van der Waals surface area contributed by atoms with E-state index < -0.39 is 0 Å². The summed E-state index contributed by atoms with van der Waals surface area (Å²) in [5, 5.41) is 0. The molecule has 2 aliphatic rings. The Morgan fingerprint density at radius 2 is 2.14 bits per heavy atom. The van der Waals surface area contributed by atoms with Crippen LogP contribution in [-0.4, -0.2) is 26.0 Å². The van der Waals surface area contributed by atoms with Crippen molar-refractivity contribution < 1.29 is 0 Å². The van der Waals surface area contributed by atoms with Gasteiger partial charge in [-0.15, -0.1) is 11.3 Å². The van der Waals surface area contributed by atoms with Gasteiger partial charge in [0, 0.05) is 24.2 Å². The highest BCUT2D eigenvalue weighted by molar-refractivity contribution is 7.09. The predicted octanol–water partition coefficient (Wildman–Crippen LogP) is 3.40. The maximum Gasteiger partial charge on any atom is 0.126 e. The van der Waals surface area contributed by atoms with Gasteiger partial charge in [0.2, 0.25) is 0 Å². The molecule has 2 aromatic rings. The zero-order chi connectivity index (χ0) is 15.1. The molecule has 0 N–H and O–H groups in total. The van der Waals surface area contributed by atoms with Crippen LogP contribution in [0, 0.1) is 6.92 Å². The Hall–Kier alpha value is -1.20. The molecule has 1 unspecified atom stereocenters. The van der Waals surface area contributed by atoms with Crippen LogP contribution >= 0.6 is 11.3 Å². The average molecular weight is 316 g/mol. The minimum Gasteiger partial charge on any atom is -0.334 e. The van der Waals surface area contributed by atoms with Crippen molar-refractivity contribution in [3.63, 3.8) is 0 Å². The summed E-state index contributed by atoms with van der Waals surface area (Å²) in [6, 6.07) is 0.483. The Kier molecular flexibility index (Phi) is 3.78. The van der Waals surface area contributed by atoms with E-state index in [2.05, 4.69) is 28.4 Å². The van der Waals surface area contributed by atoms with Crippen LogP contribution in [0.1, 0.15) is 59.5 Å². The number of imidazole rings is 1. The van der Waals surface area contributed by atoms with Crippen molar-refractivity contribution in [3.05, 3.63) is 33.3 Å². The van der Waals surface area contributed by atoms with Gasteiger partial charge >= 0.3 is 0 Å². The van der Waals surface area contributed by atoms with E-state index in [1.807, 2.05) is 5.51 Å². The lowest BCUT2D eigenvalue weighted by Gasteiger charge is -2.24. The Morgan fingerprint density at radius 3 is 2.91 bits per heavy atom. The van der Waals surface area contributed by atoms with Gasteiger partial charge < -0.3 is 4.57 Å². The summed E-state index contributed by atoms with van der Waals surface area (Å²) < 4.78 is 2.40. The van der Waals surface area contributed by atoms with Crippen LogP contribution in [0.2, 0.25) is 0 Å². The largest absolute Gasteiger partial charge is 0.334 e. The number of aryl methyl sites for hydroxylation is 2. The average Bonchev–Trinajstić information content (AvgIpc) is 3.21. The highest BCUT2D eigenvalue weighted by atomic mass is 32.1. The summed E-state index contributed by atoms with van der Waals surface area (Å²) >= 11 is 1.79. The zero-order valence-electron chi connectivity index (χ0n) is 13.5. The van der Waals surface area contributed by atoms with Crippen LogP contribution < -0.4 is 0 Å². The lowest BCUT2D eigenvalue weighted by molar-refractivity contribution is 0.237. The van der Waals surface area contributed by atoms with Crippen molar-refractivity contribution in [1.82, 2.24) is 19.4 Å². The Bertz CT molecular complexity index is 672. The number of nitrogens with zero attached hydrogens (tertiary/aromatic N) is 4. The van der Waals surface area contributed by atoms with Crippen LogP contribution in [0.4, 0.5) is 0 Å². The van der Waals surface area contributed by atoms with Gasteiger partial charge in [0.05, 0.1) is 22.9 Å². The minimum atomic E-state index is 0.483. The van der Waals surface area contributed by atoms with Crippen LogP contribution in [0.25, 0.3) is 0 Å². The van der Waals surface area contributed by atoms with Crippen molar-refractivity contribution in [1.29, 1.82) is 0 Å². The van der Waals surface area contributed by atoms with E-state index in [9.17, 15) is 0 Å². The normalized spacial score (nSPS) is 22.2. The predicted molar refractivity (Wildman–Crippen MR) is 89.1 cm³/mol. The summed E-state index contributed by atoms with van der Waals surface area (Å²) in [5.41, 5.74) is 6.01. The second-order valence-electron chi connectivity index (χ2n) is 6.62. The molecule has 0 radical (unpaired) electrons. The molecule has 0 saturated carbocycles. The molecule has 0 bridgehead atoms. The maximum atomic E-state index is 5.04. The third-order valence-corrected chi connectivity index (χ3v) is 6.18. The van der Waals surface area contributed by atoms with Gasteiger partial charge in [-0.05, 0) is 52.0 Å². The number of thiazole rings is 1. The fourth-order valence-corrected chi connectivity index (χ4v) is 4.78. The third-order valence-electron chi connectivity index (χ3n) is 5.26. The second-order valence-corrected chi connectivity index (χ2v) is 7.56. The molecule has 5 heteroatoms. The van der Waals surface area contributed by atoms with Crippen molar-refractivity contribution in [2.45, 2.75) is 58.0 Å². The molecule has 1 saturated heterocycles. The highest BCUT2D eigenvalue weighted by Gasteiger charge is 2.31. The topological polar surface area (TPSA) is 34.0 Å². The van der Waals surface area contributed by atoms with E-state index in [0.717, 1.165) is 6.54 Å². The number of fused-ring (bicyclic) bond motifs is 1. The summed E-state index contributed by atoms with van der Waals surface area (Å²) in [7, 11) is 2.22. The first-order valence-electron chi connectivity index (χ1n) is 8.41. The van der Waals surface area contributed by atoms with Crippen LogP contribution in [0.15, 0.2) is 5.51 Å². The monoisotopic (exact) mass is 316 g/mol. The van der Waals surface area contributed by atoms with E-state index >= 15 is 0 Å². The fraction of sp³-hybridized carbons (Fsp3) is 0.647. The zero-order valence-corrected chi connectivity index (χ0v) is 14.3. The summed E-state index contributed by atoms with van der Waals surface area (Å²) in [4.78, 5) is 13.5. The highest BCUT2D eigenvalue weighted by Crippen LogP contribution is 2.35. The van der Waals surface area contributed by atoms with Crippen LogP contribution in [0.3, 0.4) is 0 Å². The maximum absolute atomic E-state index is 5.04. The summed E-state index contributed by atoms with van der Waals surface area (Å²) in [5.74, 6) is 1.30. The summed E-state index contributed by atoms with van der Waals surface area (Å²) in [6.45, 7) is 4.33. The first kappa shape index (κ1) is 14.4. The Labute approximate surface area is 136 Å². The summed E-state index contributed by atoms with van der Waals surface area (Å²) in [6.07, 6.45) is 7.52. The molecule has 118 valence electrons. The van der Waals surface area contributed by atoms with Crippen molar-refractivity contribution in [3.8, 4) is 0 Å². The molecule has 4 nitrogen and oxygen atoms in total. The number of rotatable bonds is 3. The molecule has 0 spiro atoms. The molecule has 3 heterocycles. The van der Waals surface area contributed by atoms with Crippen molar-refractivity contribution >= 4 is 11.3 Å². The SMILES string of the molecule is Cc1ncsc1CN1CCCC1c1nc2c(n1C)CCCC2. The third kappa shape index (κ3) is 2.40. The van der Waals surface area contributed by atoms with Crippen molar-refractivity contribution in [2.75, 3.05) is 6.54 Å². The number of hydrogen-bond acceptors (Lipinski definition) is 4. The smallest absolute Gasteiger partial charge is 0.126 e. The standard InChI is InChI=1S/C17H24N4S/c1-12-16(22-11-18-12)10-21-9-5-8-15(21)17-19-13-6-3-4-7-14(13)20(17)2/h11,15H,3-10H2,1-2H3. The molecule has 22 heavy (non-hydrogen) atoms. The molecule has 1 aliphatic carbocycles. The molecule has 1 atom stereocenters. The molecule has 1 aliphatic heterocycles. The van der Waals surface area contributed by atoms with Gasteiger partial charge in [-0.25, -0.2) is 9.97 Å². The van der Waals surface area contributed by atoms with E-state index in [-0.39, 0.29) is 0 Å². The van der Waals surface area contributed by atoms with Gasteiger partial charge in [0.1, 0.15) is 5.82 Å².